The molecule has 1 aliphatic rings. The van der Waals surface area contributed by atoms with E-state index < -0.39 is 0 Å². The van der Waals surface area contributed by atoms with Gasteiger partial charge in [-0.15, -0.1) is 11.3 Å². The lowest BCUT2D eigenvalue weighted by Gasteiger charge is -2.31. The maximum atomic E-state index is 12.4. The van der Waals surface area contributed by atoms with Crippen molar-refractivity contribution >= 4 is 34.7 Å². The van der Waals surface area contributed by atoms with Gasteiger partial charge in [-0.05, 0) is 30.7 Å². The van der Waals surface area contributed by atoms with Crippen LogP contribution in [0.3, 0.4) is 0 Å². The lowest BCUT2D eigenvalue weighted by Crippen LogP contribution is -2.44. The van der Waals surface area contributed by atoms with Gasteiger partial charge in [0.1, 0.15) is 10.7 Å². The second-order valence-corrected chi connectivity index (χ2v) is 5.93. The molecule has 1 fully saturated rings. The van der Waals surface area contributed by atoms with Crippen LogP contribution in [0, 0.1) is 12.8 Å². The second kappa shape index (κ2) is 5.79. The molecule has 0 aromatic carbocycles. The Morgan fingerprint density at radius 2 is 2.42 bits per heavy atom. The number of oxime groups is 1. The molecule has 104 valence electrons. The van der Waals surface area contributed by atoms with E-state index in [2.05, 4.69) is 5.16 Å². The molecule has 2 heterocycles. The van der Waals surface area contributed by atoms with Crippen molar-refractivity contribution in [2.45, 2.75) is 19.8 Å². The maximum Gasteiger partial charge on any atom is 0.265 e. The first-order valence-electron chi connectivity index (χ1n) is 6.05. The molecule has 1 atom stereocenters. The standard InChI is InChI=1S/C12H16ClN3O2S/c1-7-6-19-10(9(7)13)12(17)16-4-2-3-8(5-16)11(14)15-18/h6,8,18H,2-5H2,1H3,(H2,14,15). The Labute approximate surface area is 120 Å². The minimum atomic E-state index is -0.0810. The molecule has 2 rings (SSSR count). The Bertz CT molecular complexity index is 515. The third-order valence-electron chi connectivity index (χ3n) is 3.34. The molecule has 1 amide bonds. The van der Waals surface area contributed by atoms with Gasteiger partial charge >= 0.3 is 0 Å². The summed E-state index contributed by atoms with van der Waals surface area (Å²) in [4.78, 5) is 14.7. The Hall–Kier alpha value is -1.27. The van der Waals surface area contributed by atoms with Crippen molar-refractivity contribution in [3.63, 3.8) is 0 Å². The second-order valence-electron chi connectivity index (χ2n) is 4.68. The first-order chi connectivity index (χ1) is 9.04. The van der Waals surface area contributed by atoms with Crippen molar-refractivity contribution in [2.75, 3.05) is 13.1 Å². The number of amides is 1. The Kier molecular flexibility index (Phi) is 4.31. The van der Waals surface area contributed by atoms with Crippen molar-refractivity contribution in [1.82, 2.24) is 4.90 Å². The Morgan fingerprint density at radius 3 is 3.00 bits per heavy atom. The quantitative estimate of drug-likeness (QED) is 0.381. The van der Waals surface area contributed by atoms with Crippen molar-refractivity contribution in [1.29, 1.82) is 0 Å². The van der Waals surface area contributed by atoms with Crippen LogP contribution in [0.15, 0.2) is 10.5 Å². The molecule has 19 heavy (non-hydrogen) atoms. The van der Waals surface area contributed by atoms with Gasteiger partial charge in [0.2, 0.25) is 0 Å². The molecule has 7 heteroatoms. The first-order valence-corrected chi connectivity index (χ1v) is 7.30. The van der Waals surface area contributed by atoms with Gasteiger partial charge in [-0.2, -0.15) is 0 Å². The van der Waals surface area contributed by atoms with Crippen LogP contribution in [0.5, 0.6) is 0 Å². The number of thiophene rings is 1. The summed E-state index contributed by atoms with van der Waals surface area (Å²) in [5.74, 6) is 0.0343. The molecule has 0 aliphatic carbocycles. The molecule has 3 N–H and O–H groups in total. The van der Waals surface area contributed by atoms with E-state index in [-0.39, 0.29) is 17.7 Å². The number of aryl methyl sites for hydroxylation is 1. The van der Waals surface area contributed by atoms with Gasteiger partial charge in [-0.3, -0.25) is 4.79 Å². The van der Waals surface area contributed by atoms with Gasteiger partial charge in [-0.1, -0.05) is 16.8 Å². The molecule has 5 nitrogen and oxygen atoms in total. The number of carbonyl (C=O) groups is 1. The summed E-state index contributed by atoms with van der Waals surface area (Å²) in [5, 5.41) is 14.2. The van der Waals surface area contributed by atoms with Crippen LogP contribution >= 0.6 is 22.9 Å². The molecule has 0 radical (unpaired) electrons. The molecule has 1 aromatic rings. The van der Waals surface area contributed by atoms with E-state index in [0.29, 0.717) is 23.0 Å². The highest BCUT2D eigenvalue weighted by Gasteiger charge is 2.28. The van der Waals surface area contributed by atoms with Crippen LogP contribution in [-0.4, -0.2) is 34.9 Å². The Morgan fingerprint density at radius 1 is 1.68 bits per heavy atom. The van der Waals surface area contributed by atoms with Crippen LogP contribution in [0.2, 0.25) is 5.02 Å². The predicted octanol–water partition coefficient (Wildman–Crippen LogP) is 2.31. The number of halogens is 1. The topological polar surface area (TPSA) is 78.9 Å². The number of amidine groups is 1. The SMILES string of the molecule is Cc1csc(C(=O)N2CCCC(C(N)=NO)C2)c1Cl. The maximum absolute atomic E-state index is 12.4. The van der Waals surface area contributed by atoms with E-state index in [1.54, 1.807) is 4.90 Å². The number of rotatable bonds is 2. The number of likely N-dealkylation sites (tertiary alicyclic amines) is 1. The molecular weight excluding hydrogens is 286 g/mol. The van der Waals surface area contributed by atoms with Crippen LogP contribution in [0.25, 0.3) is 0 Å². The molecule has 0 saturated carbocycles. The number of nitrogens with zero attached hydrogens (tertiary/aromatic N) is 2. The summed E-state index contributed by atoms with van der Waals surface area (Å²) >= 11 is 7.48. The fraction of sp³-hybridized carbons (Fsp3) is 0.500. The fourth-order valence-corrected chi connectivity index (χ4v) is 3.44. The molecule has 0 bridgehead atoms. The lowest BCUT2D eigenvalue weighted by atomic mass is 9.97. The van der Waals surface area contributed by atoms with E-state index in [1.807, 2.05) is 12.3 Å². The van der Waals surface area contributed by atoms with Crippen molar-refractivity contribution < 1.29 is 10.0 Å². The molecule has 1 aliphatic heterocycles. The largest absolute Gasteiger partial charge is 0.409 e. The van der Waals surface area contributed by atoms with Crippen molar-refractivity contribution in [3.05, 3.63) is 20.8 Å². The number of piperidine rings is 1. The van der Waals surface area contributed by atoms with Crippen LogP contribution in [-0.2, 0) is 0 Å². The van der Waals surface area contributed by atoms with Crippen molar-refractivity contribution in [2.24, 2.45) is 16.8 Å². The highest BCUT2D eigenvalue weighted by molar-refractivity contribution is 7.13. The van der Waals surface area contributed by atoms with Gasteiger partial charge in [0.05, 0.1) is 5.02 Å². The highest BCUT2D eigenvalue weighted by atomic mass is 35.5. The Balaban J connectivity index is 2.13. The van der Waals surface area contributed by atoms with E-state index in [9.17, 15) is 4.79 Å². The van der Waals surface area contributed by atoms with Gasteiger partial charge < -0.3 is 15.8 Å². The zero-order valence-electron chi connectivity index (χ0n) is 10.6. The number of nitrogens with two attached hydrogens (primary N) is 1. The average Bonchev–Trinajstić information content (AvgIpc) is 2.77. The summed E-state index contributed by atoms with van der Waals surface area (Å²) in [6.45, 7) is 3.04. The summed E-state index contributed by atoms with van der Waals surface area (Å²) in [6, 6.07) is 0. The normalized spacial score (nSPS) is 20.6. The van der Waals surface area contributed by atoms with Crippen molar-refractivity contribution in [3.8, 4) is 0 Å². The molecule has 1 unspecified atom stereocenters. The first kappa shape index (κ1) is 14.1. The lowest BCUT2D eigenvalue weighted by molar-refractivity contribution is 0.0706. The van der Waals surface area contributed by atoms with E-state index in [0.717, 1.165) is 18.4 Å². The van der Waals surface area contributed by atoms with Gasteiger partial charge in [0, 0.05) is 19.0 Å². The third kappa shape index (κ3) is 2.84. The molecule has 0 spiro atoms. The number of hydrogen-bond acceptors (Lipinski definition) is 4. The minimum absolute atomic E-state index is 0.0708. The summed E-state index contributed by atoms with van der Waals surface area (Å²) in [7, 11) is 0. The molecular formula is C12H16ClN3O2S. The van der Waals surface area contributed by atoms with Gasteiger partial charge in [0.15, 0.2) is 0 Å². The average molecular weight is 302 g/mol. The summed E-state index contributed by atoms with van der Waals surface area (Å²) < 4.78 is 0. The molecule has 1 aromatic heterocycles. The zero-order valence-corrected chi connectivity index (χ0v) is 12.2. The number of carbonyl (C=O) groups excluding carboxylic acids is 1. The van der Waals surface area contributed by atoms with E-state index in [1.165, 1.54) is 11.3 Å². The predicted molar refractivity (Wildman–Crippen MR) is 76.1 cm³/mol. The molecule has 1 saturated heterocycles. The van der Waals surface area contributed by atoms with Crippen LogP contribution in [0.4, 0.5) is 0 Å². The minimum Gasteiger partial charge on any atom is -0.409 e. The monoisotopic (exact) mass is 301 g/mol. The summed E-state index contributed by atoms with van der Waals surface area (Å²) in [5.41, 5.74) is 6.54. The fourth-order valence-electron chi connectivity index (χ4n) is 2.20. The zero-order chi connectivity index (χ0) is 14.0. The highest BCUT2D eigenvalue weighted by Crippen LogP contribution is 2.29. The number of hydrogen-bond donors (Lipinski definition) is 2. The van der Waals surface area contributed by atoms with E-state index in [4.69, 9.17) is 22.5 Å². The van der Waals surface area contributed by atoms with Gasteiger partial charge in [0.25, 0.3) is 5.91 Å². The van der Waals surface area contributed by atoms with Crippen LogP contribution in [0.1, 0.15) is 28.1 Å². The third-order valence-corrected chi connectivity index (χ3v) is 5.02. The van der Waals surface area contributed by atoms with Crippen LogP contribution < -0.4 is 5.73 Å². The van der Waals surface area contributed by atoms with Gasteiger partial charge in [-0.25, -0.2) is 0 Å². The smallest absolute Gasteiger partial charge is 0.265 e. The van der Waals surface area contributed by atoms with E-state index >= 15 is 0 Å². The summed E-state index contributed by atoms with van der Waals surface area (Å²) in [6.07, 6.45) is 1.67.